The Morgan fingerprint density at radius 3 is 2.50 bits per heavy atom. The highest BCUT2D eigenvalue weighted by Gasteiger charge is 2.08. The van der Waals surface area contributed by atoms with Gasteiger partial charge in [-0.2, -0.15) is 0 Å². The van der Waals surface area contributed by atoms with Crippen LogP contribution in [0.5, 0.6) is 0 Å². The van der Waals surface area contributed by atoms with Crippen LogP contribution in [-0.4, -0.2) is 41.4 Å². The van der Waals surface area contributed by atoms with Crippen LogP contribution in [0.1, 0.15) is 0 Å². The number of aromatic nitrogens is 2. The Kier molecular flexibility index (Phi) is 3.27. The zero-order chi connectivity index (χ0) is 13.1. The minimum absolute atomic E-state index is 0.0515. The number of likely N-dealkylation sites (N-methyl/N-ethyl adjacent to an activating group) is 1. The van der Waals surface area contributed by atoms with Crippen LogP contribution in [0.3, 0.4) is 0 Å². The molecule has 2 rings (SSSR count). The van der Waals surface area contributed by atoms with Crippen LogP contribution >= 0.6 is 0 Å². The van der Waals surface area contributed by atoms with Crippen molar-refractivity contribution in [3.05, 3.63) is 24.3 Å². The lowest BCUT2D eigenvalue weighted by atomic mass is 10.3. The topological polar surface area (TPSA) is 84.1 Å². The molecule has 0 aliphatic rings. The maximum absolute atomic E-state index is 11.5. The van der Waals surface area contributed by atoms with Crippen LogP contribution < -0.4 is 11.1 Å². The summed E-state index contributed by atoms with van der Waals surface area (Å²) in [5.41, 5.74) is 7.27. The van der Waals surface area contributed by atoms with Crippen molar-refractivity contribution in [3.8, 4) is 0 Å². The standard InChI is InChI=1S/C12H15N5O/c1-17(2)10(18)7-14-12-11(13)15-8-5-3-4-6-9(8)16-12/h3-6H,7H2,1-2H3,(H2,13,15)(H,14,16). The molecular formula is C12H15N5O. The quantitative estimate of drug-likeness (QED) is 0.832. The minimum atomic E-state index is -0.0515. The Morgan fingerprint density at radius 2 is 1.89 bits per heavy atom. The molecular weight excluding hydrogens is 230 g/mol. The number of anilines is 2. The molecule has 1 aromatic heterocycles. The number of carbonyl (C=O) groups is 1. The van der Waals surface area contributed by atoms with E-state index in [2.05, 4.69) is 15.3 Å². The average molecular weight is 245 g/mol. The second kappa shape index (κ2) is 4.87. The van der Waals surface area contributed by atoms with E-state index in [1.54, 1.807) is 14.1 Å². The summed E-state index contributed by atoms with van der Waals surface area (Å²) in [7, 11) is 3.39. The summed E-state index contributed by atoms with van der Waals surface area (Å²) in [6.07, 6.45) is 0. The van der Waals surface area contributed by atoms with E-state index in [1.165, 1.54) is 4.90 Å². The summed E-state index contributed by atoms with van der Waals surface area (Å²) in [6, 6.07) is 7.44. The molecule has 0 saturated carbocycles. The Balaban J connectivity index is 2.23. The van der Waals surface area contributed by atoms with Crippen LogP contribution in [0.4, 0.5) is 11.6 Å². The van der Waals surface area contributed by atoms with E-state index < -0.39 is 0 Å². The number of rotatable bonds is 3. The fraction of sp³-hybridized carbons (Fsp3) is 0.250. The molecule has 1 amide bonds. The molecule has 0 aliphatic carbocycles. The van der Waals surface area contributed by atoms with E-state index in [-0.39, 0.29) is 12.5 Å². The molecule has 0 spiro atoms. The first-order valence-corrected chi connectivity index (χ1v) is 5.54. The van der Waals surface area contributed by atoms with Gasteiger partial charge in [0.2, 0.25) is 5.91 Å². The van der Waals surface area contributed by atoms with E-state index >= 15 is 0 Å². The maximum Gasteiger partial charge on any atom is 0.241 e. The van der Waals surface area contributed by atoms with Crippen molar-refractivity contribution in [2.24, 2.45) is 0 Å². The van der Waals surface area contributed by atoms with Crippen molar-refractivity contribution in [2.75, 3.05) is 31.7 Å². The van der Waals surface area contributed by atoms with Crippen LogP contribution in [0, 0.1) is 0 Å². The first-order chi connectivity index (χ1) is 8.58. The molecule has 0 unspecified atom stereocenters. The van der Waals surface area contributed by atoms with Gasteiger partial charge in [0.1, 0.15) is 0 Å². The number of hydrogen-bond donors (Lipinski definition) is 2. The Hall–Kier alpha value is -2.37. The number of hydrogen-bond acceptors (Lipinski definition) is 5. The third-order valence-corrected chi connectivity index (χ3v) is 2.50. The highest BCUT2D eigenvalue weighted by atomic mass is 16.2. The van der Waals surface area contributed by atoms with Crippen LogP contribution in [0.15, 0.2) is 24.3 Å². The third kappa shape index (κ3) is 2.48. The maximum atomic E-state index is 11.5. The van der Waals surface area contributed by atoms with Crippen LogP contribution in [0.25, 0.3) is 11.0 Å². The van der Waals surface area contributed by atoms with Gasteiger partial charge in [0, 0.05) is 14.1 Å². The molecule has 1 aromatic carbocycles. The van der Waals surface area contributed by atoms with Gasteiger partial charge >= 0.3 is 0 Å². The number of benzene rings is 1. The molecule has 0 saturated heterocycles. The lowest BCUT2D eigenvalue weighted by Gasteiger charge is -2.12. The highest BCUT2D eigenvalue weighted by molar-refractivity contribution is 5.83. The lowest BCUT2D eigenvalue weighted by molar-refractivity contribution is -0.126. The van der Waals surface area contributed by atoms with E-state index in [0.717, 1.165) is 11.0 Å². The summed E-state index contributed by atoms with van der Waals surface area (Å²) in [6.45, 7) is 0.143. The van der Waals surface area contributed by atoms with Gasteiger partial charge in [-0.15, -0.1) is 0 Å². The second-order valence-electron chi connectivity index (χ2n) is 4.09. The van der Waals surface area contributed by atoms with Crippen LogP contribution in [0.2, 0.25) is 0 Å². The van der Waals surface area contributed by atoms with Gasteiger partial charge in [-0.25, -0.2) is 9.97 Å². The zero-order valence-corrected chi connectivity index (χ0v) is 10.3. The van der Waals surface area contributed by atoms with Gasteiger partial charge in [-0.05, 0) is 12.1 Å². The molecule has 6 heteroatoms. The number of nitrogens with two attached hydrogens (primary N) is 1. The average Bonchev–Trinajstić information content (AvgIpc) is 2.35. The molecule has 0 atom stereocenters. The molecule has 0 radical (unpaired) electrons. The lowest BCUT2D eigenvalue weighted by Crippen LogP contribution is -2.29. The predicted molar refractivity (Wildman–Crippen MR) is 71.1 cm³/mol. The smallest absolute Gasteiger partial charge is 0.241 e. The van der Waals surface area contributed by atoms with Crippen LogP contribution in [-0.2, 0) is 4.79 Å². The predicted octanol–water partition coefficient (Wildman–Crippen LogP) is 0.712. The molecule has 18 heavy (non-hydrogen) atoms. The minimum Gasteiger partial charge on any atom is -0.381 e. The number of nitrogen functional groups attached to an aromatic ring is 1. The summed E-state index contributed by atoms with van der Waals surface area (Å²) in [4.78, 5) is 21.5. The molecule has 6 nitrogen and oxygen atoms in total. The fourth-order valence-electron chi connectivity index (χ4n) is 1.46. The third-order valence-electron chi connectivity index (χ3n) is 2.50. The molecule has 0 fully saturated rings. The van der Waals surface area contributed by atoms with Gasteiger partial charge in [-0.1, -0.05) is 12.1 Å². The first-order valence-electron chi connectivity index (χ1n) is 5.54. The summed E-state index contributed by atoms with van der Waals surface area (Å²) < 4.78 is 0. The number of nitrogens with one attached hydrogen (secondary N) is 1. The summed E-state index contributed by atoms with van der Waals surface area (Å²) in [5.74, 6) is 0.675. The van der Waals surface area contributed by atoms with Crippen molar-refractivity contribution in [3.63, 3.8) is 0 Å². The number of nitrogens with zero attached hydrogens (tertiary/aromatic N) is 3. The van der Waals surface area contributed by atoms with Gasteiger partial charge in [0.15, 0.2) is 11.6 Å². The van der Waals surface area contributed by atoms with Crippen molar-refractivity contribution in [2.45, 2.75) is 0 Å². The molecule has 1 heterocycles. The van der Waals surface area contributed by atoms with Gasteiger partial charge in [0.05, 0.1) is 17.6 Å². The van der Waals surface area contributed by atoms with Crippen molar-refractivity contribution in [1.82, 2.24) is 14.9 Å². The monoisotopic (exact) mass is 245 g/mol. The normalized spacial score (nSPS) is 10.3. The fourth-order valence-corrected chi connectivity index (χ4v) is 1.46. The zero-order valence-electron chi connectivity index (χ0n) is 10.3. The molecule has 0 bridgehead atoms. The highest BCUT2D eigenvalue weighted by Crippen LogP contribution is 2.17. The largest absolute Gasteiger partial charge is 0.381 e. The van der Waals surface area contributed by atoms with Gasteiger partial charge in [-0.3, -0.25) is 4.79 Å². The van der Waals surface area contributed by atoms with E-state index in [9.17, 15) is 4.79 Å². The number of para-hydroxylation sites is 2. The summed E-state index contributed by atoms with van der Waals surface area (Å²) in [5, 5.41) is 2.90. The van der Waals surface area contributed by atoms with Crippen molar-refractivity contribution >= 4 is 28.6 Å². The first kappa shape index (κ1) is 12.1. The van der Waals surface area contributed by atoms with E-state index in [0.29, 0.717) is 11.6 Å². The Labute approximate surface area is 105 Å². The number of fused-ring (bicyclic) bond motifs is 1. The van der Waals surface area contributed by atoms with E-state index in [1.807, 2.05) is 24.3 Å². The SMILES string of the molecule is CN(C)C(=O)CNc1nc2ccccc2nc1N. The molecule has 3 N–H and O–H groups in total. The molecule has 94 valence electrons. The Morgan fingerprint density at radius 1 is 1.28 bits per heavy atom. The van der Waals surface area contributed by atoms with Gasteiger partial charge < -0.3 is 16.0 Å². The molecule has 2 aromatic rings. The van der Waals surface area contributed by atoms with Crippen molar-refractivity contribution < 1.29 is 4.79 Å². The summed E-state index contributed by atoms with van der Waals surface area (Å²) >= 11 is 0. The number of amides is 1. The van der Waals surface area contributed by atoms with Gasteiger partial charge in [0.25, 0.3) is 0 Å². The second-order valence-corrected chi connectivity index (χ2v) is 4.09. The Bertz CT molecular complexity index is 582. The van der Waals surface area contributed by atoms with Crippen molar-refractivity contribution in [1.29, 1.82) is 0 Å². The van der Waals surface area contributed by atoms with E-state index in [4.69, 9.17) is 5.73 Å². The number of carbonyl (C=O) groups excluding carboxylic acids is 1. The molecule has 0 aliphatic heterocycles.